The Bertz CT molecular complexity index is 2090. The lowest BCUT2D eigenvalue weighted by Crippen LogP contribution is -2.50. The summed E-state index contributed by atoms with van der Waals surface area (Å²) in [5, 5.41) is 15.5. The summed E-state index contributed by atoms with van der Waals surface area (Å²) < 4.78 is 13.4. The Morgan fingerprint density at radius 1 is 0.741 bits per heavy atom. The van der Waals surface area contributed by atoms with Gasteiger partial charge in [0.1, 0.15) is 0 Å². The van der Waals surface area contributed by atoms with Crippen molar-refractivity contribution in [1.82, 2.24) is 20.2 Å². The zero-order valence-electron chi connectivity index (χ0n) is 32.8. The van der Waals surface area contributed by atoms with Gasteiger partial charge in [0.2, 0.25) is 17.8 Å². The van der Waals surface area contributed by atoms with Crippen LogP contribution in [0.1, 0.15) is 73.2 Å². The number of nitrogens with two attached hydrogens (primary N) is 1. The van der Waals surface area contributed by atoms with Crippen LogP contribution in [0.25, 0.3) is 11.1 Å². The maximum Gasteiger partial charge on any atom is 0.225 e. The molecule has 1 aromatic heterocycles. The van der Waals surface area contributed by atoms with Gasteiger partial charge in [-0.3, -0.25) is 14.5 Å². The number of aromatic nitrogens is 2. The maximum atomic E-state index is 12.7. The van der Waals surface area contributed by atoms with E-state index in [4.69, 9.17) is 15.2 Å². The largest absolute Gasteiger partial charge is 0.397 e. The van der Waals surface area contributed by atoms with Crippen molar-refractivity contribution in [3.05, 3.63) is 138 Å². The highest BCUT2D eigenvalue weighted by atomic mass is 16.7. The Kier molecular flexibility index (Phi) is 14.1. The second-order valence-electron chi connectivity index (χ2n) is 15.0. The van der Waals surface area contributed by atoms with Gasteiger partial charge in [-0.05, 0) is 71.0 Å². The quantitative estimate of drug-likeness (QED) is 0.0621. The fraction of sp³-hybridized carbons (Fsp3) is 0.348. The number of para-hydroxylation sites is 2. The van der Waals surface area contributed by atoms with E-state index in [1.165, 1.54) is 0 Å². The lowest BCUT2D eigenvalue weighted by Gasteiger charge is -2.40. The number of hydrogen-bond donors (Lipinski definition) is 4. The molecule has 5 N–H and O–H groups in total. The van der Waals surface area contributed by atoms with Crippen molar-refractivity contribution >= 4 is 29.1 Å². The van der Waals surface area contributed by atoms with E-state index < -0.39 is 6.29 Å². The Morgan fingerprint density at radius 2 is 1.47 bits per heavy atom. The number of nitrogens with one attached hydrogen (secondary N) is 2. The second kappa shape index (κ2) is 20.2. The number of aliphatic hydroxyl groups excluding tert-OH is 1. The Morgan fingerprint density at radius 3 is 2.22 bits per heavy atom. The van der Waals surface area contributed by atoms with Crippen LogP contribution in [-0.4, -0.2) is 70.6 Å². The van der Waals surface area contributed by atoms with Gasteiger partial charge in [0.25, 0.3) is 0 Å². The van der Waals surface area contributed by atoms with E-state index in [0.717, 1.165) is 78.5 Å². The molecule has 58 heavy (non-hydrogen) atoms. The third kappa shape index (κ3) is 11.3. The average molecular weight is 784 g/mol. The summed E-state index contributed by atoms with van der Waals surface area (Å²) in [6.07, 6.45) is 6.45. The molecule has 2 aliphatic heterocycles. The van der Waals surface area contributed by atoms with E-state index in [-0.39, 0.29) is 30.6 Å². The van der Waals surface area contributed by atoms with Crippen LogP contribution in [0.15, 0.2) is 116 Å². The van der Waals surface area contributed by atoms with Gasteiger partial charge in [0.05, 0.1) is 30.2 Å². The minimum atomic E-state index is -0.570. The van der Waals surface area contributed by atoms with E-state index in [1.807, 2.05) is 60.7 Å². The van der Waals surface area contributed by atoms with Gasteiger partial charge in [-0.25, -0.2) is 9.97 Å². The lowest BCUT2D eigenvalue weighted by molar-refractivity contribution is -0.253. The minimum absolute atomic E-state index is 0.00388. The SMILES string of the molecule is Nc1ccccc1NC(=O)CCCCCC(=O)NCc1cccc(-c2cccc([C@@H]3O[C@H](CN4CCN(c5ncccn5)CC4)C[C@H](c4ccc(CO)cc4)O3)c2)c1. The molecule has 0 unspecified atom stereocenters. The van der Waals surface area contributed by atoms with Crippen molar-refractivity contribution in [3.8, 4) is 11.1 Å². The molecule has 12 nitrogen and oxygen atoms in total. The molecule has 2 aliphatic rings. The summed E-state index contributed by atoms with van der Waals surface area (Å²) >= 11 is 0. The molecule has 0 radical (unpaired) electrons. The highest BCUT2D eigenvalue weighted by Crippen LogP contribution is 2.39. The number of nitrogens with zero attached hydrogens (tertiary/aromatic N) is 4. The zero-order valence-corrected chi connectivity index (χ0v) is 32.8. The van der Waals surface area contributed by atoms with Crippen LogP contribution in [0, 0.1) is 0 Å². The van der Waals surface area contributed by atoms with Crippen molar-refractivity contribution in [3.63, 3.8) is 0 Å². The summed E-state index contributed by atoms with van der Waals surface area (Å²) in [5.74, 6) is 0.678. The number of carbonyl (C=O) groups excluding carboxylic acids is 2. The Hall–Kier alpha value is -5.66. The van der Waals surface area contributed by atoms with Crippen LogP contribution in [0.2, 0.25) is 0 Å². The molecule has 0 bridgehead atoms. The van der Waals surface area contributed by atoms with Crippen LogP contribution in [0.5, 0.6) is 0 Å². The number of amides is 2. The smallest absolute Gasteiger partial charge is 0.225 e. The monoisotopic (exact) mass is 783 g/mol. The van der Waals surface area contributed by atoms with Crippen LogP contribution < -0.4 is 21.3 Å². The number of unbranched alkanes of at least 4 members (excludes halogenated alkanes) is 2. The fourth-order valence-electron chi connectivity index (χ4n) is 7.49. The molecule has 2 amide bonds. The average Bonchev–Trinajstić information content (AvgIpc) is 3.27. The topological polar surface area (TPSA) is 155 Å². The first kappa shape index (κ1) is 40.5. The van der Waals surface area contributed by atoms with E-state index in [1.54, 1.807) is 24.5 Å². The predicted octanol–water partition coefficient (Wildman–Crippen LogP) is 6.79. The van der Waals surface area contributed by atoms with E-state index in [9.17, 15) is 14.7 Å². The fourth-order valence-corrected chi connectivity index (χ4v) is 7.49. The van der Waals surface area contributed by atoms with Crippen molar-refractivity contribution < 1.29 is 24.2 Å². The van der Waals surface area contributed by atoms with Gasteiger partial charge < -0.3 is 35.8 Å². The number of ether oxygens (including phenoxy) is 2. The van der Waals surface area contributed by atoms with Crippen molar-refractivity contribution in [2.24, 2.45) is 0 Å². The summed E-state index contributed by atoms with van der Waals surface area (Å²) in [5.41, 5.74) is 13.0. The number of hydrogen-bond acceptors (Lipinski definition) is 10. The van der Waals surface area contributed by atoms with Crippen LogP contribution >= 0.6 is 0 Å². The normalized spacial score (nSPS) is 18.4. The summed E-state index contributed by atoms with van der Waals surface area (Å²) in [6.45, 7) is 4.67. The molecule has 0 spiro atoms. The van der Waals surface area contributed by atoms with E-state index in [0.29, 0.717) is 50.0 Å². The molecule has 12 heteroatoms. The lowest BCUT2D eigenvalue weighted by atomic mass is 9.98. The van der Waals surface area contributed by atoms with Crippen molar-refractivity contribution in [1.29, 1.82) is 0 Å². The maximum absolute atomic E-state index is 12.7. The van der Waals surface area contributed by atoms with Gasteiger partial charge in [-0.1, -0.05) is 79.2 Å². The van der Waals surface area contributed by atoms with Crippen molar-refractivity contribution in [2.45, 2.75) is 70.2 Å². The number of nitrogen functional groups attached to an aromatic ring is 1. The summed E-state index contributed by atoms with van der Waals surface area (Å²) in [4.78, 5) is 38.5. The molecular formula is C46H53N7O5. The number of aliphatic hydroxyl groups is 1. The third-order valence-corrected chi connectivity index (χ3v) is 10.7. The Labute approximate surface area is 340 Å². The number of carbonyl (C=O) groups is 2. The minimum Gasteiger partial charge on any atom is -0.397 e. The molecule has 3 heterocycles. The number of piperazine rings is 1. The van der Waals surface area contributed by atoms with Crippen LogP contribution in [0.3, 0.4) is 0 Å². The third-order valence-electron chi connectivity index (χ3n) is 10.7. The Balaban J connectivity index is 0.933. The molecule has 3 atom stereocenters. The molecule has 0 saturated carbocycles. The summed E-state index contributed by atoms with van der Waals surface area (Å²) in [6, 6.07) is 33.5. The molecule has 2 fully saturated rings. The summed E-state index contributed by atoms with van der Waals surface area (Å²) in [7, 11) is 0. The first-order valence-electron chi connectivity index (χ1n) is 20.3. The van der Waals surface area contributed by atoms with Gasteiger partial charge >= 0.3 is 0 Å². The van der Waals surface area contributed by atoms with Gasteiger partial charge in [-0.15, -0.1) is 0 Å². The molecule has 0 aliphatic carbocycles. The zero-order chi connectivity index (χ0) is 40.1. The van der Waals surface area contributed by atoms with Crippen LogP contribution in [0.4, 0.5) is 17.3 Å². The number of anilines is 3. The highest BCUT2D eigenvalue weighted by molar-refractivity contribution is 5.93. The first-order chi connectivity index (χ1) is 28.4. The molecule has 7 rings (SSSR count). The predicted molar refractivity (Wildman–Crippen MR) is 225 cm³/mol. The molecule has 2 saturated heterocycles. The molecule has 302 valence electrons. The van der Waals surface area contributed by atoms with Crippen molar-refractivity contribution in [2.75, 3.05) is 48.7 Å². The first-order valence-corrected chi connectivity index (χ1v) is 20.3. The molecule has 5 aromatic rings. The van der Waals surface area contributed by atoms with E-state index >= 15 is 0 Å². The second-order valence-corrected chi connectivity index (χ2v) is 15.0. The van der Waals surface area contributed by atoms with Gasteiger partial charge in [0, 0.05) is 76.5 Å². The van der Waals surface area contributed by atoms with Gasteiger partial charge in [0.15, 0.2) is 6.29 Å². The molecular weight excluding hydrogens is 731 g/mol. The van der Waals surface area contributed by atoms with Gasteiger partial charge in [-0.2, -0.15) is 0 Å². The standard InChI is InChI=1S/C46H53N7O5/c47-40-13-4-5-14-41(40)51-44(56)16-3-1-2-15-43(55)50-30-34-9-6-10-36(27-34)37-11-7-12-38(28-37)45-57-39(29-42(58-45)35-19-17-33(32-54)18-20-35)31-52-23-25-53(26-24-52)46-48-21-8-22-49-46/h4-14,17-22,27-28,39,42,45,54H,1-3,15-16,23-26,29-32,47H2,(H,50,55)(H,51,56)/t39-,42+,45+/m0/s1. The van der Waals surface area contributed by atoms with Crippen LogP contribution in [-0.2, 0) is 32.2 Å². The number of benzene rings is 4. The highest BCUT2D eigenvalue weighted by Gasteiger charge is 2.34. The van der Waals surface area contributed by atoms with E-state index in [2.05, 4.69) is 60.7 Å². The number of rotatable bonds is 16. The molecule has 4 aromatic carbocycles.